The van der Waals surface area contributed by atoms with E-state index in [0.717, 1.165) is 18.2 Å². The molecule has 1 N–H and O–H groups in total. The SMILES string of the molecule is O=C(O)/C=C/c1c(F)cc(Cl)cc1Br. The molecule has 2 nitrogen and oxygen atoms in total. The summed E-state index contributed by atoms with van der Waals surface area (Å²) in [5.74, 6) is -1.70. The van der Waals surface area contributed by atoms with E-state index in [9.17, 15) is 9.18 Å². The first-order chi connectivity index (χ1) is 6.50. The number of hydrogen-bond acceptors (Lipinski definition) is 1. The van der Waals surface area contributed by atoms with Gasteiger partial charge in [0.1, 0.15) is 5.82 Å². The highest BCUT2D eigenvalue weighted by Gasteiger charge is 2.05. The van der Waals surface area contributed by atoms with Crippen LogP contribution in [-0.2, 0) is 4.79 Å². The van der Waals surface area contributed by atoms with Crippen molar-refractivity contribution in [2.45, 2.75) is 0 Å². The molecule has 0 aliphatic rings. The van der Waals surface area contributed by atoms with E-state index in [2.05, 4.69) is 15.9 Å². The molecule has 0 aromatic heterocycles. The van der Waals surface area contributed by atoms with Crippen molar-refractivity contribution < 1.29 is 14.3 Å². The second kappa shape index (κ2) is 4.57. The average Bonchev–Trinajstić information content (AvgIpc) is 2.01. The molecule has 0 atom stereocenters. The van der Waals surface area contributed by atoms with Crippen molar-refractivity contribution in [3.8, 4) is 0 Å². The van der Waals surface area contributed by atoms with E-state index < -0.39 is 11.8 Å². The zero-order valence-electron chi connectivity index (χ0n) is 6.80. The molecule has 1 aromatic rings. The number of aliphatic carboxylic acids is 1. The first-order valence-corrected chi connectivity index (χ1v) is 4.73. The maximum Gasteiger partial charge on any atom is 0.328 e. The molecule has 0 bridgehead atoms. The lowest BCUT2D eigenvalue weighted by Gasteiger charge is -2.00. The van der Waals surface area contributed by atoms with Gasteiger partial charge >= 0.3 is 5.97 Å². The second-order valence-corrected chi connectivity index (χ2v) is 3.75. The van der Waals surface area contributed by atoms with Crippen LogP contribution in [0.25, 0.3) is 6.08 Å². The minimum Gasteiger partial charge on any atom is -0.478 e. The molecule has 0 aliphatic carbocycles. The second-order valence-electron chi connectivity index (χ2n) is 2.45. The third kappa shape index (κ3) is 2.82. The van der Waals surface area contributed by atoms with E-state index >= 15 is 0 Å². The van der Waals surface area contributed by atoms with Crippen LogP contribution < -0.4 is 0 Å². The van der Waals surface area contributed by atoms with Gasteiger partial charge in [-0.3, -0.25) is 0 Å². The summed E-state index contributed by atoms with van der Waals surface area (Å²) in [5.41, 5.74) is 0.164. The third-order valence-corrected chi connectivity index (χ3v) is 2.31. The maximum atomic E-state index is 13.2. The number of rotatable bonds is 2. The Morgan fingerprint density at radius 1 is 1.57 bits per heavy atom. The fourth-order valence-electron chi connectivity index (χ4n) is 0.867. The lowest BCUT2D eigenvalue weighted by Crippen LogP contribution is -1.89. The number of hydrogen-bond donors (Lipinski definition) is 1. The Labute approximate surface area is 93.1 Å². The van der Waals surface area contributed by atoms with Gasteiger partial charge in [-0.1, -0.05) is 27.5 Å². The molecule has 0 spiro atoms. The zero-order valence-corrected chi connectivity index (χ0v) is 9.14. The van der Waals surface area contributed by atoms with Gasteiger partial charge < -0.3 is 5.11 Å². The Balaban J connectivity index is 3.15. The van der Waals surface area contributed by atoms with Gasteiger partial charge in [0.2, 0.25) is 0 Å². The quantitative estimate of drug-likeness (QED) is 0.843. The molecule has 0 radical (unpaired) electrons. The average molecular weight is 279 g/mol. The van der Waals surface area contributed by atoms with Crippen molar-refractivity contribution in [3.63, 3.8) is 0 Å². The maximum absolute atomic E-state index is 13.2. The lowest BCUT2D eigenvalue weighted by atomic mass is 10.2. The van der Waals surface area contributed by atoms with Crippen LogP contribution in [0.3, 0.4) is 0 Å². The Bertz CT molecular complexity index is 381. The van der Waals surface area contributed by atoms with E-state index in [1.54, 1.807) is 0 Å². The van der Waals surface area contributed by atoms with Crippen molar-refractivity contribution in [3.05, 3.63) is 39.1 Å². The molecule has 14 heavy (non-hydrogen) atoms. The molecule has 0 saturated carbocycles. The summed E-state index contributed by atoms with van der Waals surface area (Å²) in [7, 11) is 0. The third-order valence-electron chi connectivity index (χ3n) is 1.44. The molecular weight excluding hydrogens is 274 g/mol. The smallest absolute Gasteiger partial charge is 0.328 e. The minimum atomic E-state index is -1.13. The lowest BCUT2D eigenvalue weighted by molar-refractivity contribution is -0.131. The minimum absolute atomic E-state index is 0.164. The summed E-state index contributed by atoms with van der Waals surface area (Å²) in [6, 6.07) is 2.61. The largest absolute Gasteiger partial charge is 0.478 e. The highest BCUT2D eigenvalue weighted by atomic mass is 79.9. The van der Waals surface area contributed by atoms with Gasteiger partial charge in [0, 0.05) is 21.1 Å². The van der Waals surface area contributed by atoms with Crippen LogP contribution in [0.15, 0.2) is 22.7 Å². The monoisotopic (exact) mass is 278 g/mol. The van der Waals surface area contributed by atoms with E-state index in [4.69, 9.17) is 16.7 Å². The summed E-state index contributed by atoms with van der Waals surface area (Å²) in [5, 5.41) is 8.61. The van der Waals surface area contributed by atoms with Crippen LogP contribution in [-0.4, -0.2) is 11.1 Å². The molecule has 0 aliphatic heterocycles. The zero-order chi connectivity index (χ0) is 10.7. The topological polar surface area (TPSA) is 37.3 Å². The summed E-state index contributed by atoms with van der Waals surface area (Å²) >= 11 is 8.65. The van der Waals surface area contributed by atoms with E-state index in [1.165, 1.54) is 6.07 Å². The normalized spacial score (nSPS) is 10.8. The van der Waals surface area contributed by atoms with Gasteiger partial charge in [0.25, 0.3) is 0 Å². The van der Waals surface area contributed by atoms with Crippen LogP contribution >= 0.6 is 27.5 Å². The standard InChI is InChI=1S/C9H5BrClFO2/c10-7-3-5(11)4-8(12)6(7)1-2-9(13)14/h1-4H,(H,13,14)/b2-1+. The van der Waals surface area contributed by atoms with E-state index in [0.29, 0.717) is 4.47 Å². The van der Waals surface area contributed by atoms with E-state index in [-0.39, 0.29) is 10.6 Å². The molecule has 0 saturated heterocycles. The first-order valence-electron chi connectivity index (χ1n) is 3.56. The van der Waals surface area contributed by atoms with Gasteiger partial charge in [-0.2, -0.15) is 0 Å². The van der Waals surface area contributed by atoms with Crippen molar-refractivity contribution in [2.24, 2.45) is 0 Å². The van der Waals surface area contributed by atoms with Crippen LogP contribution in [0.5, 0.6) is 0 Å². The molecule has 0 heterocycles. The van der Waals surface area contributed by atoms with E-state index in [1.807, 2.05) is 0 Å². The predicted octanol–water partition coefficient (Wildman–Crippen LogP) is 3.34. The highest BCUT2D eigenvalue weighted by Crippen LogP contribution is 2.25. The number of benzene rings is 1. The van der Waals surface area contributed by atoms with Crippen molar-refractivity contribution in [1.29, 1.82) is 0 Å². The molecule has 5 heteroatoms. The van der Waals surface area contributed by atoms with Crippen LogP contribution in [0.1, 0.15) is 5.56 Å². The summed E-state index contributed by atoms with van der Waals surface area (Å²) in [6.07, 6.45) is 2.02. The Hall–Kier alpha value is -0.870. The van der Waals surface area contributed by atoms with Crippen LogP contribution in [0.4, 0.5) is 4.39 Å². The van der Waals surface area contributed by atoms with Crippen molar-refractivity contribution >= 4 is 39.6 Å². The number of carboxylic acids is 1. The summed E-state index contributed by atoms with van der Waals surface area (Å²) in [6.45, 7) is 0. The summed E-state index contributed by atoms with van der Waals surface area (Å²) < 4.78 is 13.6. The van der Waals surface area contributed by atoms with Gasteiger partial charge in [-0.05, 0) is 18.2 Å². The fraction of sp³-hybridized carbons (Fsp3) is 0. The highest BCUT2D eigenvalue weighted by molar-refractivity contribution is 9.10. The van der Waals surface area contributed by atoms with Crippen molar-refractivity contribution in [1.82, 2.24) is 0 Å². The van der Waals surface area contributed by atoms with Gasteiger partial charge in [-0.15, -0.1) is 0 Å². The van der Waals surface area contributed by atoms with Crippen LogP contribution in [0.2, 0.25) is 5.02 Å². The molecule has 74 valence electrons. The van der Waals surface area contributed by atoms with Gasteiger partial charge in [-0.25, -0.2) is 9.18 Å². The van der Waals surface area contributed by atoms with Gasteiger partial charge in [0.05, 0.1) is 0 Å². The molecule has 0 amide bonds. The van der Waals surface area contributed by atoms with Gasteiger partial charge in [0.15, 0.2) is 0 Å². The molecule has 1 aromatic carbocycles. The number of carbonyl (C=O) groups is 1. The Morgan fingerprint density at radius 3 is 2.71 bits per heavy atom. The Kier molecular flexibility index (Phi) is 3.66. The van der Waals surface area contributed by atoms with Crippen molar-refractivity contribution in [2.75, 3.05) is 0 Å². The molecule has 1 rings (SSSR count). The fourth-order valence-corrected chi connectivity index (χ4v) is 1.77. The predicted molar refractivity (Wildman–Crippen MR) is 55.8 cm³/mol. The first kappa shape index (κ1) is 11.2. The molecular formula is C9H5BrClFO2. The molecule has 0 fully saturated rings. The Morgan fingerprint density at radius 2 is 2.21 bits per heavy atom. The van der Waals surface area contributed by atoms with Crippen LogP contribution in [0, 0.1) is 5.82 Å². The molecule has 0 unspecified atom stereocenters. The number of carboxylic acid groups (broad SMARTS) is 1. The number of halogens is 3. The summed E-state index contributed by atoms with van der Waals surface area (Å²) in [4.78, 5) is 10.2.